The van der Waals surface area contributed by atoms with Crippen molar-refractivity contribution >= 4 is 148 Å². The largest absolute Gasteiger partial charge is 0.356 e. The molecule has 92 heavy (non-hydrogen) atoms. The highest BCUT2D eigenvalue weighted by atomic mass is 14.9. The minimum absolute atomic E-state index is 0.471. The summed E-state index contributed by atoms with van der Waals surface area (Å²) >= 11 is 0. The van der Waals surface area contributed by atoms with Gasteiger partial charge < -0.3 is 42.7 Å². The topological polar surface area (TPSA) is 194 Å². The molecule has 0 aliphatic heterocycles. The van der Waals surface area contributed by atoms with Crippen molar-refractivity contribution < 1.29 is 0 Å². The minimum Gasteiger partial charge on any atom is -0.356 e. The lowest BCUT2D eigenvalue weighted by molar-refractivity contribution is 1.47. The number of anilines is 12. The summed E-state index contributed by atoms with van der Waals surface area (Å²) in [5, 5.41) is 36.2. The van der Waals surface area contributed by atoms with Gasteiger partial charge in [0.25, 0.3) is 0 Å². The van der Waals surface area contributed by atoms with Crippen LogP contribution in [0.15, 0.2) is 346 Å². The van der Waals surface area contributed by atoms with Gasteiger partial charge in [-0.25, -0.2) is 30.0 Å². The second kappa shape index (κ2) is 27.8. The molecule has 0 spiro atoms. The monoisotopic (exact) mass is 1190 g/mol. The molecule has 0 atom stereocenters. The van der Waals surface area contributed by atoms with Crippen LogP contribution in [0.5, 0.6) is 0 Å². The summed E-state index contributed by atoms with van der Waals surface area (Å²) in [6, 6.07) is 72.7. The Morgan fingerprint density at radius 1 is 0.152 bits per heavy atom. The standard InChI is InChI=1S/C78H60N14/c79-53-1-5-55(6-2-53)81-57-9-13-59(14-10-57)83-61-17-21-63(22-18-61)85-65-25-29-67(30-26-65)87-69-33-37-71(38-34-69)89-73-41-45-75(46-42-73)91-77-49-51-78(52-50-77)92-76-47-43-74(44-48-76)90-72-39-35-70(36-40-72)88-68-31-27-66(28-32-68)86-64-23-19-62(20-24-64)84-60-15-11-58(12-16-60)82-56-7-3-54(80)4-8-56/h1-52,79-80,83-86,91-92H. The van der Waals surface area contributed by atoms with Crippen molar-refractivity contribution in [3.05, 3.63) is 316 Å². The maximum Gasteiger partial charge on any atom is 0.0638 e. The van der Waals surface area contributed by atoms with Crippen LogP contribution < -0.4 is 31.9 Å². The van der Waals surface area contributed by atoms with E-state index in [-0.39, 0.29) is 0 Å². The van der Waals surface area contributed by atoms with Crippen LogP contribution in [0.2, 0.25) is 0 Å². The predicted octanol–water partition coefficient (Wildman–Crippen LogP) is 20.5. The fourth-order valence-electron chi connectivity index (χ4n) is 9.80. The van der Waals surface area contributed by atoms with Crippen LogP contribution in [0, 0.1) is 10.8 Å². The molecule has 4 aliphatic rings. The van der Waals surface area contributed by atoms with Crippen molar-refractivity contribution in [2.24, 2.45) is 30.0 Å². The van der Waals surface area contributed by atoms with Gasteiger partial charge >= 0.3 is 0 Å². The van der Waals surface area contributed by atoms with Crippen LogP contribution in [-0.4, -0.2) is 45.7 Å². The van der Waals surface area contributed by atoms with Gasteiger partial charge in [-0.3, -0.25) is 0 Å². The molecule has 9 aromatic carbocycles. The quantitative estimate of drug-likeness (QED) is 0.0394. The van der Waals surface area contributed by atoms with Crippen LogP contribution in [0.1, 0.15) is 0 Å². The van der Waals surface area contributed by atoms with Gasteiger partial charge in [-0.15, -0.1) is 0 Å². The van der Waals surface area contributed by atoms with Crippen LogP contribution in [0.4, 0.5) is 102 Å². The van der Waals surface area contributed by atoms with Crippen LogP contribution >= 0.6 is 0 Å². The summed E-state index contributed by atoms with van der Waals surface area (Å²) in [5.41, 5.74) is 22.7. The molecular weight excluding hydrogens is 1130 g/mol. The Bertz CT molecular complexity index is 4280. The van der Waals surface area contributed by atoms with E-state index in [1.54, 1.807) is 24.3 Å². The molecule has 4 aliphatic carbocycles. The number of rotatable bonds is 18. The highest BCUT2D eigenvalue weighted by molar-refractivity contribution is 6.21. The van der Waals surface area contributed by atoms with Crippen molar-refractivity contribution in [3.63, 3.8) is 0 Å². The Balaban J connectivity index is 0.520. The molecule has 13 rings (SSSR count). The second-order valence-electron chi connectivity index (χ2n) is 21.6. The highest BCUT2D eigenvalue weighted by Gasteiger charge is 2.08. The summed E-state index contributed by atoms with van der Waals surface area (Å²) in [6.07, 6.45) is 30.2. The van der Waals surface area contributed by atoms with Gasteiger partial charge in [0.05, 0.1) is 79.8 Å². The number of allylic oxidation sites excluding steroid dienone is 16. The van der Waals surface area contributed by atoms with E-state index in [4.69, 9.17) is 30.8 Å². The molecule has 14 heteroatoms. The summed E-state index contributed by atoms with van der Waals surface area (Å²) in [7, 11) is 0. The fraction of sp³-hybridized carbons (Fsp3) is 0. The Morgan fingerprint density at radius 3 is 0.391 bits per heavy atom. The molecule has 14 nitrogen and oxygen atoms in total. The fourth-order valence-corrected chi connectivity index (χ4v) is 9.80. The summed E-state index contributed by atoms with van der Waals surface area (Å²) in [4.78, 5) is 28.6. The molecule has 0 unspecified atom stereocenters. The van der Waals surface area contributed by atoms with Gasteiger partial charge in [0.1, 0.15) is 0 Å². The van der Waals surface area contributed by atoms with E-state index < -0.39 is 0 Å². The highest BCUT2D eigenvalue weighted by Crippen LogP contribution is 2.30. The maximum atomic E-state index is 7.66. The zero-order valence-electron chi connectivity index (χ0n) is 49.7. The van der Waals surface area contributed by atoms with E-state index in [2.05, 4.69) is 66.2 Å². The lowest BCUT2D eigenvalue weighted by Crippen LogP contribution is -1.99. The van der Waals surface area contributed by atoms with Crippen molar-refractivity contribution in [1.82, 2.24) is 0 Å². The average Bonchev–Trinajstić information content (AvgIpc) is 2.91. The molecule has 0 saturated heterocycles. The van der Waals surface area contributed by atoms with Crippen molar-refractivity contribution in [2.45, 2.75) is 0 Å². The zero-order chi connectivity index (χ0) is 62.3. The van der Waals surface area contributed by atoms with Gasteiger partial charge in [0.2, 0.25) is 0 Å². The Kier molecular flexibility index (Phi) is 17.6. The first-order valence-electron chi connectivity index (χ1n) is 29.9. The normalized spacial score (nSPS) is 13.7. The number of benzene rings is 9. The van der Waals surface area contributed by atoms with E-state index >= 15 is 0 Å². The molecular formula is C78H60N14. The van der Waals surface area contributed by atoms with Crippen molar-refractivity contribution in [1.29, 1.82) is 10.8 Å². The number of nitrogens with zero attached hydrogens (tertiary/aromatic N) is 6. The van der Waals surface area contributed by atoms with Gasteiger partial charge in [-0.1, -0.05) is 0 Å². The van der Waals surface area contributed by atoms with E-state index in [1.807, 2.05) is 267 Å². The van der Waals surface area contributed by atoms with Gasteiger partial charge in [-0.05, 0) is 316 Å². The number of nitrogens with one attached hydrogen (secondary N) is 8. The van der Waals surface area contributed by atoms with E-state index in [1.165, 1.54) is 0 Å². The zero-order valence-corrected chi connectivity index (χ0v) is 49.7. The molecule has 0 aromatic heterocycles. The first kappa shape index (κ1) is 58.1. The Hall–Kier alpha value is -12.9. The first-order valence-corrected chi connectivity index (χ1v) is 29.9. The number of hydrogen-bond donors (Lipinski definition) is 8. The molecule has 442 valence electrons. The van der Waals surface area contributed by atoms with Gasteiger partial charge in [0.15, 0.2) is 0 Å². The first-order chi connectivity index (χ1) is 45.2. The van der Waals surface area contributed by atoms with Crippen molar-refractivity contribution in [2.75, 3.05) is 31.9 Å². The molecule has 0 heterocycles. The predicted molar refractivity (Wildman–Crippen MR) is 389 cm³/mol. The number of aliphatic imine (C=N–C) groups is 6. The molecule has 0 amide bonds. The molecule has 0 radical (unpaired) electrons. The smallest absolute Gasteiger partial charge is 0.0638 e. The van der Waals surface area contributed by atoms with Crippen molar-refractivity contribution in [3.8, 4) is 0 Å². The molecule has 0 fully saturated rings. The molecule has 9 aromatic rings. The molecule has 0 bridgehead atoms. The third kappa shape index (κ3) is 16.4. The lowest BCUT2D eigenvalue weighted by atomic mass is 10.1. The Labute approximate surface area is 533 Å². The van der Waals surface area contributed by atoms with E-state index in [0.29, 0.717) is 11.4 Å². The lowest BCUT2D eigenvalue weighted by Gasteiger charge is -2.10. The SMILES string of the molecule is N=C1C=CC(=Nc2ccc(Nc3ccc(Nc4ccc(N=C5C=CC(=Nc6ccc(Nc7ccc(Nc8ccc(N=C9C=CC(=Nc%10ccc(Nc%11ccc(Nc%12ccc(N=C%13C=CC(=N)C=C%13)cc%12)cc%11)cc%10)C=C9)cc8)cc7)cc6)C=C5)cc4)cc3)cc2)C=C1. The number of hydrogen-bond acceptors (Lipinski definition) is 14. The van der Waals surface area contributed by atoms with Gasteiger partial charge in [-0.2, -0.15) is 0 Å². The summed E-state index contributed by atoms with van der Waals surface area (Å²) in [6.45, 7) is 0. The van der Waals surface area contributed by atoms with Crippen LogP contribution in [0.25, 0.3) is 0 Å². The summed E-state index contributed by atoms with van der Waals surface area (Å²) in [5.74, 6) is 0. The minimum atomic E-state index is 0.471. The molecule has 8 N–H and O–H groups in total. The van der Waals surface area contributed by atoms with Crippen LogP contribution in [-0.2, 0) is 0 Å². The van der Waals surface area contributed by atoms with Gasteiger partial charge in [0, 0.05) is 68.2 Å². The maximum absolute atomic E-state index is 7.66. The Morgan fingerprint density at radius 2 is 0.261 bits per heavy atom. The molecule has 0 saturated carbocycles. The second-order valence-corrected chi connectivity index (χ2v) is 21.6. The third-order valence-corrected chi connectivity index (χ3v) is 14.6. The van der Waals surface area contributed by atoms with E-state index in [0.717, 1.165) is 137 Å². The summed E-state index contributed by atoms with van der Waals surface area (Å²) < 4.78 is 0. The average molecular weight is 1190 g/mol. The third-order valence-electron chi connectivity index (χ3n) is 14.6. The van der Waals surface area contributed by atoms with Crippen LogP contribution in [0.3, 0.4) is 0 Å². The van der Waals surface area contributed by atoms with E-state index in [9.17, 15) is 0 Å².